The Kier molecular flexibility index (Phi) is 11.0. The minimum absolute atomic E-state index is 0.318. The monoisotopic (exact) mass is 574 g/mol. The van der Waals surface area contributed by atoms with E-state index in [0.29, 0.717) is 11.7 Å². The third-order valence-corrected chi connectivity index (χ3v) is 8.84. The molecule has 0 amide bonds. The first-order chi connectivity index (χ1) is 21.0. The van der Waals surface area contributed by atoms with E-state index in [4.69, 9.17) is 0 Å². The van der Waals surface area contributed by atoms with Gasteiger partial charge in [0.05, 0.1) is 0 Å². The predicted molar refractivity (Wildman–Crippen MR) is 184 cm³/mol. The van der Waals surface area contributed by atoms with Crippen molar-refractivity contribution < 1.29 is 4.79 Å². The van der Waals surface area contributed by atoms with Crippen LogP contribution in [-0.4, -0.2) is 30.0 Å². The molecule has 1 fully saturated rings. The van der Waals surface area contributed by atoms with Gasteiger partial charge >= 0.3 is 0 Å². The maximum Gasteiger partial charge on any atom is 0.161 e. The van der Waals surface area contributed by atoms with Gasteiger partial charge in [0, 0.05) is 42.7 Å². The number of carbonyl (C=O) groups excluding carboxylic acids is 1. The van der Waals surface area contributed by atoms with Crippen LogP contribution in [0, 0.1) is 11.8 Å². The van der Waals surface area contributed by atoms with Gasteiger partial charge in [-0.2, -0.15) is 0 Å². The molecule has 4 aliphatic rings. The molecule has 3 heteroatoms. The van der Waals surface area contributed by atoms with Crippen LogP contribution in [0.5, 0.6) is 0 Å². The maximum absolute atomic E-state index is 12.6. The summed E-state index contributed by atoms with van der Waals surface area (Å²) in [4.78, 5) is 19.7. The Morgan fingerprint density at radius 3 is 2.70 bits per heavy atom. The summed E-state index contributed by atoms with van der Waals surface area (Å²) in [6, 6.07) is 9.00. The minimum Gasteiger partial charge on any atom is -0.371 e. The number of rotatable bonds is 12. The van der Waals surface area contributed by atoms with E-state index in [-0.39, 0.29) is 0 Å². The first-order valence-corrected chi connectivity index (χ1v) is 16.8. The van der Waals surface area contributed by atoms with Crippen LogP contribution in [0.2, 0.25) is 0 Å². The summed E-state index contributed by atoms with van der Waals surface area (Å²) in [5.41, 5.74) is 10.3. The molecule has 3 nitrogen and oxygen atoms in total. The van der Waals surface area contributed by atoms with E-state index in [1.807, 2.05) is 12.4 Å². The molecular formula is C40H50N2O. The molecule has 43 heavy (non-hydrogen) atoms. The summed E-state index contributed by atoms with van der Waals surface area (Å²) >= 11 is 0. The zero-order chi connectivity index (χ0) is 30.0. The molecule has 0 saturated heterocycles. The average Bonchev–Trinajstić information content (AvgIpc) is 3.85. The molecule has 226 valence electrons. The van der Waals surface area contributed by atoms with E-state index in [2.05, 4.69) is 97.5 Å². The molecule has 0 unspecified atom stereocenters. The number of fused-ring (bicyclic) bond motifs is 1. The summed E-state index contributed by atoms with van der Waals surface area (Å²) in [5, 5.41) is 0. The Balaban J connectivity index is 1.22. The SMILES string of the molecule is CCC/C(=C\CC/C=C/c1ccc(C2=CCC3=CN=CC=C(N4CC/C=C(\C(=O)C5CC5)CCC4)C3=C2)cc1)CC(C)C. The number of unbranched alkanes of at least 4 members (excludes halogenated alkanes) is 1. The fourth-order valence-electron chi connectivity index (χ4n) is 6.48. The van der Waals surface area contributed by atoms with Gasteiger partial charge in [-0.3, -0.25) is 9.79 Å². The van der Waals surface area contributed by atoms with E-state index >= 15 is 0 Å². The van der Waals surface area contributed by atoms with Crippen LogP contribution in [0.3, 0.4) is 0 Å². The normalized spacial score (nSPS) is 20.8. The molecule has 0 atom stereocenters. The first-order valence-electron chi connectivity index (χ1n) is 16.8. The lowest BCUT2D eigenvalue weighted by Gasteiger charge is -2.31. The van der Waals surface area contributed by atoms with Crippen molar-refractivity contribution in [3.8, 4) is 0 Å². The average molecular weight is 575 g/mol. The second-order valence-corrected chi connectivity index (χ2v) is 13.0. The molecule has 0 spiro atoms. The van der Waals surface area contributed by atoms with Crippen LogP contribution < -0.4 is 0 Å². The quantitative estimate of drug-likeness (QED) is 0.184. The number of ketones is 1. The molecule has 1 aromatic rings. The van der Waals surface area contributed by atoms with E-state index in [9.17, 15) is 4.79 Å². The van der Waals surface area contributed by atoms with Crippen molar-refractivity contribution in [2.75, 3.05) is 13.1 Å². The van der Waals surface area contributed by atoms with Gasteiger partial charge in [0.2, 0.25) is 0 Å². The molecule has 0 N–H and O–H groups in total. The van der Waals surface area contributed by atoms with Gasteiger partial charge < -0.3 is 4.90 Å². The molecular weight excluding hydrogens is 524 g/mol. The number of carbonyl (C=O) groups is 1. The summed E-state index contributed by atoms with van der Waals surface area (Å²) < 4.78 is 0. The first kappa shape index (κ1) is 31.0. The van der Waals surface area contributed by atoms with Crippen LogP contribution in [0.25, 0.3) is 11.6 Å². The third-order valence-electron chi connectivity index (χ3n) is 8.84. The zero-order valence-corrected chi connectivity index (χ0v) is 26.7. The highest BCUT2D eigenvalue weighted by atomic mass is 16.1. The lowest BCUT2D eigenvalue weighted by Crippen LogP contribution is -2.28. The van der Waals surface area contributed by atoms with Gasteiger partial charge in [0.15, 0.2) is 5.78 Å². The van der Waals surface area contributed by atoms with Crippen LogP contribution in [-0.2, 0) is 4.79 Å². The fourth-order valence-corrected chi connectivity index (χ4v) is 6.48. The highest BCUT2D eigenvalue weighted by Crippen LogP contribution is 2.37. The zero-order valence-electron chi connectivity index (χ0n) is 26.7. The Hall–Kier alpha value is -3.46. The molecule has 0 aromatic heterocycles. The second kappa shape index (κ2) is 15.3. The van der Waals surface area contributed by atoms with Gasteiger partial charge in [-0.1, -0.05) is 87.4 Å². The smallest absolute Gasteiger partial charge is 0.161 e. The third kappa shape index (κ3) is 8.78. The van der Waals surface area contributed by atoms with Gasteiger partial charge in [-0.05, 0) is 110 Å². The summed E-state index contributed by atoms with van der Waals surface area (Å²) in [7, 11) is 0. The largest absolute Gasteiger partial charge is 0.371 e. The summed E-state index contributed by atoms with van der Waals surface area (Å²) in [6.07, 6.45) is 31.9. The summed E-state index contributed by atoms with van der Waals surface area (Å²) in [6.45, 7) is 8.80. The Bertz CT molecular complexity index is 1390. The van der Waals surface area contributed by atoms with Crippen LogP contribution >= 0.6 is 0 Å². The Morgan fingerprint density at radius 1 is 1.09 bits per heavy atom. The number of nitrogens with zero attached hydrogens (tertiary/aromatic N) is 2. The van der Waals surface area contributed by atoms with Gasteiger partial charge in [0.1, 0.15) is 0 Å². The van der Waals surface area contributed by atoms with Crippen LogP contribution in [0.1, 0.15) is 103 Å². The van der Waals surface area contributed by atoms with E-state index in [1.54, 1.807) is 5.57 Å². The van der Waals surface area contributed by atoms with Gasteiger partial charge in [-0.15, -0.1) is 0 Å². The number of hydrogen-bond acceptors (Lipinski definition) is 3. The minimum atomic E-state index is 0.318. The molecule has 2 heterocycles. The van der Waals surface area contributed by atoms with Crippen molar-refractivity contribution in [3.63, 3.8) is 0 Å². The van der Waals surface area contributed by atoms with E-state index in [1.165, 1.54) is 52.8 Å². The molecule has 2 aliphatic heterocycles. The molecule has 0 bridgehead atoms. The maximum atomic E-state index is 12.6. The van der Waals surface area contributed by atoms with Crippen molar-refractivity contribution in [2.24, 2.45) is 16.8 Å². The lowest BCUT2D eigenvalue weighted by molar-refractivity contribution is -0.116. The van der Waals surface area contributed by atoms with E-state index < -0.39 is 0 Å². The highest BCUT2D eigenvalue weighted by molar-refractivity contribution is 5.98. The van der Waals surface area contributed by atoms with E-state index in [0.717, 1.165) is 75.9 Å². The fraction of sp³-hybridized carbons (Fsp3) is 0.450. The number of hydrogen-bond donors (Lipinski definition) is 0. The topological polar surface area (TPSA) is 32.7 Å². The lowest BCUT2D eigenvalue weighted by atomic mass is 9.88. The number of allylic oxidation sites excluding steroid dienone is 9. The Morgan fingerprint density at radius 2 is 1.93 bits per heavy atom. The Labute approximate surface area is 260 Å². The number of aliphatic imine (C=N–C) groups is 1. The van der Waals surface area contributed by atoms with Crippen molar-refractivity contribution in [3.05, 3.63) is 106 Å². The highest BCUT2D eigenvalue weighted by Gasteiger charge is 2.32. The van der Waals surface area contributed by atoms with Crippen LogP contribution in [0.15, 0.2) is 99.9 Å². The molecule has 2 aliphatic carbocycles. The second-order valence-electron chi connectivity index (χ2n) is 13.0. The number of Topliss-reactive ketones (excluding diaryl/α,β-unsaturated/α-hetero) is 1. The predicted octanol–water partition coefficient (Wildman–Crippen LogP) is 10.2. The van der Waals surface area contributed by atoms with Crippen molar-refractivity contribution in [1.82, 2.24) is 4.90 Å². The molecule has 5 rings (SSSR count). The van der Waals surface area contributed by atoms with Crippen LogP contribution in [0.4, 0.5) is 0 Å². The summed E-state index contributed by atoms with van der Waals surface area (Å²) in [5.74, 6) is 1.47. The van der Waals surface area contributed by atoms with Crippen molar-refractivity contribution in [2.45, 2.75) is 91.4 Å². The van der Waals surface area contributed by atoms with Crippen molar-refractivity contribution in [1.29, 1.82) is 0 Å². The standard InChI is InChI=1S/C40H50N2O/c1-4-10-32(27-30(2)3)12-7-5-6-11-31-15-17-33(18-16-31)36-21-22-37-29-41-24-23-39(38(37)28-36)42-25-8-13-34(14-9-26-42)40(43)35-19-20-35/h6,11-13,15-18,21,23-24,28-30,35H,4-5,7-10,14,19-20,22,25-27H2,1-3H3/b11-6+,32-12+,34-13-. The molecule has 0 radical (unpaired) electrons. The number of benzene rings is 1. The molecule has 1 aromatic carbocycles. The van der Waals surface area contributed by atoms with Gasteiger partial charge in [-0.25, -0.2) is 0 Å². The molecule has 1 saturated carbocycles. The van der Waals surface area contributed by atoms with Crippen molar-refractivity contribution >= 4 is 23.6 Å². The van der Waals surface area contributed by atoms with Gasteiger partial charge in [0.25, 0.3) is 0 Å².